The molecule has 0 aromatic heterocycles. The topological polar surface area (TPSA) is 55.8 Å². The molecule has 0 bridgehead atoms. The molecule has 1 aromatic rings. The van der Waals surface area contributed by atoms with Crippen LogP contribution < -0.4 is 4.74 Å². The van der Waals surface area contributed by atoms with Crippen molar-refractivity contribution in [3.05, 3.63) is 29.1 Å². The number of hydrogen-bond donors (Lipinski definition) is 0. The molecule has 0 unspecified atom stereocenters. The first-order valence-electron chi connectivity index (χ1n) is 8.01. The van der Waals surface area contributed by atoms with Gasteiger partial charge in [0.25, 0.3) is 0 Å². The van der Waals surface area contributed by atoms with Crippen LogP contribution in [0.1, 0.15) is 50.8 Å². The molecule has 5 nitrogen and oxygen atoms in total. The van der Waals surface area contributed by atoms with Gasteiger partial charge in [-0.05, 0) is 39.3 Å². The largest absolute Gasteiger partial charge is 0.487 e. The predicted molar refractivity (Wildman–Crippen MR) is 80.9 cm³/mol. The lowest BCUT2D eigenvalue weighted by Crippen LogP contribution is -2.49. The zero-order chi connectivity index (χ0) is 19.4. The van der Waals surface area contributed by atoms with E-state index in [0.717, 1.165) is 4.90 Å². The van der Waals surface area contributed by atoms with Crippen molar-refractivity contribution in [2.45, 2.75) is 57.5 Å². The van der Waals surface area contributed by atoms with Gasteiger partial charge in [0.2, 0.25) is 5.91 Å². The summed E-state index contributed by atoms with van der Waals surface area (Å²) in [6.45, 7) is 4.81. The average Bonchev–Trinajstić information content (AvgIpc) is 2.83. The van der Waals surface area contributed by atoms with Gasteiger partial charge in [-0.15, -0.1) is 0 Å². The number of piperidine rings is 1. The van der Waals surface area contributed by atoms with Crippen molar-refractivity contribution in [2.75, 3.05) is 0 Å². The minimum Gasteiger partial charge on any atom is -0.487 e. The van der Waals surface area contributed by atoms with E-state index in [-0.39, 0.29) is 24.2 Å². The molecule has 0 radical (unpaired) electrons. The Bertz CT molecular complexity index is 769. The van der Waals surface area contributed by atoms with Crippen LogP contribution in [-0.2, 0) is 15.7 Å². The number of rotatable bonds is 0. The number of halogens is 4. The van der Waals surface area contributed by atoms with Crippen LogP contribution in [-0.4, -0.2) is 28.6 Å². The molecule has 142 valence electrons. The summed E-state index contributed by atoms with van der Waals surface area (Å²) in [6.07, 6.45) is -6.42. The number of benzene rings is 1. The molecule has 2 atom stereocenters. The Balaban J connectivity index is 2.04. The third-order valence-electron chi connectivity index (χ3n) is 4.12. The number of hydrogen-bond acceptors (Lipinski definition) is 4. The molecular formula is C17H17F4NO4. The SMILES string of the molecule is CC(C)(C)OC(=O)N1C(=O)CC[C@@H]2Oc3cc(C(F)(F)F)cc(F)c3[C@@H]21. The maximum absolute atomic E-state index is 14.5. The van der Waals surface area contributed by atoms with E-state index >= 15 is 0 Å². The zero-order valence-corrected chi connectivity index (χ0v) is 14.3. The summed E-state index contributed by atoms with van der Waals surface area (Å²) in [4.78, 5) is 25.5. The van der Waals surface area contributed by atoms with Crippen molar-refractivity contribution >= 4 is 12.0 Å². The highest BCUT2D eigenvalue weighted by Crippen LogP contribution is 2.48. The van der Waals surface area contributed by atoms with E-state index in [0.29, 0.717) is 12.1 Å². The minimum absolute atomic E-state index is 0.0534. The predicted octanol–water partition coefficient (Wildman–Crippen LogP) is 4.20. The van der Waals surface area contributed by atoms with Crippen LogP contribution in [0.4, 0.5) is 22.4 Å². The van der Waals surface area contributed by atoms with E-state index in [4.69, 9.17) is 9.47 Å². The summed E-state index contributed by atoms with van der Waals surface area (Å²) in [5, 5.41) is 0. The molecule has 2 aliphatic rings. The lowest BCUT2D eigenvalue weighted by molar-refractivity contribution is -0.138. The van der Waals surface area contributed by atoms with Crippen molar-refractivity contribution in [1.82, 2.24) is 4.90 Å². The van der Waals surface area contributed by atoms with Gasteiger partial charge in [-0.1, -0.05) is 0 Å². The highest BCUT2D eigenvalue weighted by molar-refractivity contribution is 5.93. The Hall–Kier alpha value is -2.32. The second-order valence-corrected chi connectivity index (χ2v) is 7.25. The molecule has 2 amide bonds. The third-order valence-corrected chi connectivity index (χ3v) is 4.12. The summed E-state index contributed by atoms with van der Waals surface area (Å²) in [5.74, 6) is -2.07. The van der Waals surface area contributed by atoms with E-state index in [1.165, 1.54) is 0 Å². The van der Waals surface area contributed by atoms with Gasteiger partial charge in [0.1, 0.15) is 29.3 Å². The molecule has 1 saturated heterocycles. The van der Waals surface area contributed by atoms with Crippen LogP contribution >= 0.6 is 0 Å². The molecule has 2 heterocycles. The number of alkyl halides is 3. The summed E-state index contributed by atoms with van der Waals surface area (Å²) in [7, 11) is 0. The van der Waals surface area contributed by atoms with Crippen LogP contribution in [0.3, 0.4) is 0 Å². The van der Waals surface area contributed by atoms with Gasteiger partial charge in [-0.3, -0.25) is 4.79 Å². The van der Waals surface area contributed by atoms with E-state index in [2.05, 4.69) is 0 Å². The summed E-state index contributed by atoms with van der Waals surface area (Å²) in [6, 6.07) is -0.117. The van der Waals surface area contributed by atoms with Crippen molar-refractivity contribution in [3.63, 3.8) is 0 Å². The lowest BCUT2D eigenvalue weighted by Gasteiger charge is -2.35. The second kappa shape index (κ2) is 5.85. The van der Waals surface area contributed by atoms with Gasteiger partial charge in [0.05, 0.1) is 11.1 Å². The maximum Gasteiger partial charge on any atom is 0.417 e. The molecule has 0 saturated carbocycles. The van der Waals surface area contributed by atoms with E-state index < -0.39 is 47.3 Å². The minimum atomic E-state index is -4.74. The van der Waals surface area contributed by atoms with E-state index in [1.807, 2.05) is 0 Å². The normalized spacial score (nSPS) is 22.6. The second-order valence-electron chi connectivity index (χ2n) is 7.25. The molecule has 2 aliphatic heterocycles. The fourth-order valence-electron chi connectivity index (χ4n) is 3.13. The molecule has 0 spiro atoms. The van der Waals surface area contributed by atoms with Crippen LogP contribution in [0.15, 0.2) is 12.1 Å². The fourth-order valence-corrected chi connectivity index (χ4v) is 3.13. The highest BCUT2D eigenvalue weighted by atomic mass is 19.4. The first kappa shape index (κ1) is 18.5. The average molecular weight is 375 g/mol. The molecular weight excluding hydrogens is 358 g/mol. The van der Waals surface area contributed by atoms with Crippen molar-refractivity contribution in [3.8, 4) is 5.75 Å². The fraction of sp³-hybridized carbons (Fsp3) is 0.529. The number of likely N-dealkylation sites (tertiary alicyclic amines) is 1. The summed E-state index contributed by atoms with van der Waals surface area (Å²) >= 11 is 0. The van der Waals surface area contributed by atoms with Crippen LogP contribution in [0.25, 0.3) is 0 Å². The van der Waals surface area contributed by atoms with Gasteiger partial charge >= 0.3 is 12.3 Å². The first-order chi connectivity index (χ1) is 11.9. The van der Waals surface area contributed by atoms with Gasteiger partial charge in [0.15, 0.2) is 0 Å². The Kier molecular flexibility index (Phi) is 4.16. The molecule has 3 rings (SSSR count). The Labute approximate surface area is 146 Å². The molecule has 9 heteroatoms. The van der Waals surface area contributed by atoms with Crippen LogP contribution in [0, 0.1) is 5.82 Å². The molecule has 0 aliphatic carbocycles. The Morgan fingerprint density at radius 2 is 1.92 bits per heavy atom. The van der Waals surface area contributed by atoms with Crippen LogP contribution in [0.5, 0.6) is 5.75 Å². The number of fused-ring (bicyclic) bond motifs is 3. The van der Waals surface area contributed by atoms with Crippen molar-refractivity contribution in [2.24, 2.45) is 0 Å². The number of ether oxygens (including phenoxy) is 2. The zero-order valence-electron chi connectivity index (χ0n) is 14.3. The quantitative estimate of drug-likeness (QED) is 0.638. The number of carbonyl (C=O) groups excluding carboxylic acids is 2. The smallest absolute Gasteiger partial charge is 0.417 e. The van der Waals surface area contributed by atoms with E-state index in [1.54, 1.807) is 20.8 Å². The number of imide groups is 1. The highest BCUT2D eigenvalue weighted by Gasteiger charge is 2.50. The summed E-state index contributed by atoms with van der Waals surface area (Å²) in [5.41, 5.74) is -2.32. The van der Waals surface area contributed by atoms with Gasteiger partial charge in [0, 0.05) is 6.42 Å². The Morgan fingerprint density at radius 3 is 2.50 bits per heavy atom. The van der Waals surface area contributed by atoms with Crippen LogP contribution in [0.2, 0.25) is 0 Å². The van der Waals surface area contributed by atoms with E-state index in [9.17, 15) is 27.2 Å². The molecule has 1 fully saturated rings. The first-order valence-corrected chi connectivity index (χ1v) is 8.01. The molecule has 0 N–H and O–H groups in total. The molecule has 26 heavy (non-hydrogen) atoms. The monoisotopic (exact) mass is 375 g/mol. The third kappa shape index (κ3) is 3.22. The Morgan fingerprint density at radius 1 is 1.27 bits per heavy atom. The number of amides is 2. The lowest BCUT2D eigenvalue weighted by atomic mass is 9.93. The van der Waals surface area contributed by atoms with Gasteiger partial charge in [-0.2, -0.15) is 13.2 Å². The number of carbonyl (C=O) groups is 2. The van der Waals surface area contributed by atoms with Crippen molar-refractivity contribution < 1.29 is 36.6 Å². The summed E-state index contributed by atoms with van der Waals surface area (Å²) < 4.78 is 63.8. The number of nitrogens with zero attached hydrogens (tertiary/aromatic N) is 1. The maximum atomic E-state index is 14.5. The van der Waals surface area contributed by atoms with Gasteiger partial charge < -0.3 is 9.47 Å². The molecule has 1 aromatic carbocycles. The van der Waals surface area contributed by atoms with Crippen molar-refractivity contribution in [1.29, 1.82) is 0 Å². The van der Waals surface area contributed by atoms with Gasteiger partial charge in [-0.25, -0.2) is 14.1 Å². The standard InChI is InChI=1S/C17H17F4NO4/c1-16(2,3)26-15(24)22-12(23)5-4-10-14(22)13-9(18)6-8(17(19,20)21)7-11(13)25-10/h6-7,10,14H,4-5H2,1-3H3/t10-,14+/m0/s1.